The molecule has 1 aromatic heterocycles. The zero-order valence-electron chi connectivity index (χ0n) is 14.2. The van der Waals surface area contributed by atoms with Crippen LogP contribution < -0.4 is 5.32 Å². The maximum Gasteiger partial charge on any atom is 0.329 e. The molecule has 1 fully saturated rings. The number of carbonyl (C=O) groups excluding carboxylic acids is 1. The SMILES string of the molecule is O=C(CCc1ccc(-c2ccccc2F)o1)NC1(C(=O)O)CCOCC1. The van der Waals surface area contributed by atoms with Crippen molar-refractivity contribution in [2.45, 2.75) is 31.2 Å². The minimum absolute atomic E-state index is 0.0834. The summed E-state index contributed by atoms with van der Waals surface area (Å²) in [5.41, 5.74) is -0.910. The van der Waals surface area contributed by atoms with Crippen molar-refractivity contribution >= 4 is 11.9 Å². The number of aliphatic carboxylic acids is 1. The van der Waals surface area contributed by atoms with Gasteiger partial charge in [0.05, 0.1) is 5.56 Å². The number of hydrogen-bond acceptors (Lipinski definition) is 4. The van der Waals surface area contributed by atoms with Gasteiger partial charge in [0.25, 0.3) is 0 Å². The number of rotatable bonds is 6. The quantitative estimate of drug-likeness (QED) is 0.826. The molecule has 1 amide bonds. The van der Waals surface area contributed by atoms with Crippen LogP contribution in [0, 0.1) is 5.82 Å². The van der Waals surface area contributed by atoms with Crippen LogP contribution >= 0.6 is 0 Å². The lowest BCUT2D eigenvalue weighted by molar-refractivity contribution is -0.152. The second-order valence-corrected chi connectivity index (χ2v) is 6.29. The molecule has 2 aromatic rings. The van der Waals surface area contributed by atoms with Gasteiger partial charge in [-0.2, -0.15) is 0 Å². The van der Waals surface area contributed by atoms with E-state index in [1.807, 2.05) is 0 Å². The summed E-state index contributed by atoms with van der Waals surface area (Å²) in [4.78, 5) is 23.8. The van der Waals surface area contributed by atoms with Crippen LogP contribution in [0.5, 0.6) is 0 Å². The fraction of sp³-hybridized carbons (Fsp3) is 0.368. The molecule has 3 rings (SSSR count). The largest absolute Gasteiger partial charge is 0.480 e. The standard InChI is InChI=1S/C19H20FNO5/c20-15-4-2-1-3-14(15)16-7-5-13(26-16)6-8-17(22)21-19(18(23)24)9-11-25-12-10-19/h1-5,7H,6,8-12H2,(H,21,22)(H,23,24). The summed E-state index contributed by atoms with van der Waals surface area (Å²) in [7, 11) is 0. The van der Waals surface area contributed by atoms with E-state index < -0.39 is 11.5 Å². The highest BCUT2D eigenvalue weighted by Crippen LogP contribution is 2.25. The van der Waals surface area contributed by atoms with Gasteiger partial charge >= 0.3 is 5.97 Å². The molecule has 0 spiro atoms. The average molecular weight is 361 g/mol. The Labute approximate surface area is 150 Å². The summed E-state index contributed by atoms with van der Waals surface area (Å²) in [6.45, 7) is 0.605. The first kappa shape index (κ1) is 18.1. The molecule has 7 heteroatoms. The van der Waals surface area contributed by atoms with E-state index in [1.165, 1.54) is 6.07 Å². The van der Waals surface area contributed by atoms with Crippen LogP contribution in [0.15, 0.2) is 40.8 Å². The first-order chi connectivity index (χ1) is 12.5. The normalized spacial score (nSPS) is 16.2. The van der Waals surface area contributed by atoms with Crippen LogP contribution in [0.25, 0.3) is 11.3 Å². The average Bonchev–Trinajstić information content (AvgIpc) is 3.10. The molecule has 1 aliphatic rings. The topological polar surface area (TPSA) is 88.8 Å². The van der Waals surface area contributed by atoms with E-state index in [0.29, 0.717) is 36.7 Å². The van der Waals surface area contributed by atoms with Gasteiger partial charge in [0.1, 0.15) is 22.9 Å². The molecule has 1 aromatic carbocycles. The molecular weight excluding hydrogens is 341 g/mol. The second kappa shape index (κ2) is 7.70. The zero-order valence-corrected chi connectivity index (χ0v) is 14.2. The monoisotopic (exact) mass is 361 g/mol. The summed E-state index contributed by atoms with van der Waals surface area (Å²) >= 11 is 0. The summed E-state index contributed by atoms with van der Waals surface area (Å²) in [6, 6.07) is 9.63. The predicted octanol–water partition coefficient (Wildman–Crippen LogP) is 2.77. The molecule has 0 radical (unpaired) electrons. The number of benzene rings is 1. The van der Waals surface area contributed by atoms with Gasteiger partial charge in [0.2, 0.25) is 5.91 Å². The lowest BCUT2D eigenvalue weighted by atomic mass is 9.90. The van der Waals surface area contributed by atoms with Crippen LogP contribution in [0.1, 0.15) is 25.0 Å². The minimum Gasteiger partial charge on any atom is -0.480 e. The third-order valence-corrected chi connectivity index (χ3v) is 4.53. The third kappa shape index (κ3) is 3.94. The number of amides is 1. The fourth-order valence-corrected chi connectivity index (χ4v) is 3.00. The van der Waals surface area contributed by atoms with Gasteiger partial charge in [-0.05, 0) is 24.3 Å². The Hall–Kier alpha value is -2.67. The summed E-state index contributed by atoms with van der Waals surface area (Å²) in [6.07, 6.45) is 0.866. The number of ether oxygens (including phenoxy) is 1. The van der Waals surface area contributed by atoms with Gasteiger partial charge < -0.3 is 19.6 Å². The van der Waals surface area contributed by atoms with Gasteiger partial charge in [0.15, 0.2) is 0 Å². The molecular formula is C19H20FNO5. The van der Waals surface area contributed by atoms with Gasteiger partial charge in [-0.3, -0.25) is 4.79 Å². The van der Waals surface area contributed by atoms with E-state index in [4.69, 9.17) is 9.15 Å². The number of hydrogen-bond donors (Lipinski definition) is 2. The zero-order chi connectivity index (χ0) is 18.6. The second-order valence-electron chi connectivity index (χ2n) is 6.29. The summed E-state index contributed by atoms with van der Waals surface area (Å²) in [5, 5.41) is 12.1. The van der Waals surface area contributed by atoms with Crippen molar-refractivity contribution in [2.75, 3.05) is 13.2 Å². The van der Waals surface area contributed by atoms with E-state index in [2.05, 4.69) is 5.32 Å². The van der Waals surface area contributed by atoms with E-state index in [9.17, 15) is 19.1 Å². The highest BCUT2D eigenvalue weighted by Gasteiger charge is 2.41. The molecule has 0 atom stereocenters. The first-order valence-corrected chi connectivity index (χ1v) is 8.46. The molecule has 26 heavy (non-hydrogen) atoms. The number of nitrogens with one attached hydrogen (secondary N) is 1. The molecule has 0 unspecified atom stereocenters. The highest BCUT2D eigenvalue weighted by atomic mass is 19.1. The Morgan fingerprint density at radius 1 is 1.15 bits per heavy atom. The molecule has 0 bridgehead atoms. The van der Waals surface area contributed by atoms with Crippen LogP contribution in [0.2, 0.25) is 0 Å². The lowest BCUT2D eigenvalue weighted by Gasteiger charge is -2.33. The number of furan rings is 1. The minimum atomic E-state index is -1.27. The van der Waals surface area contributed by atoms with Gasteiger partial charge in [0, 0.05) is 38.9 Å². The van der Waals surface area contributed by atoms with E-state index >= 15 is 0 Å². The molecule has 1 aliphatic heterocycles. The fourth-order valence-electron chi connectivity index (χ4n) is 3.00. The summed E-state index contributed by atoms with van der Waals surface area (Å²) in [5.74, 6) is -0.860. The molecule has 6 nitrogen and oxygen atoms in total. The Balaban J connectivity index is 1.60. The van der Waals surface area contributed by atoms with Gasteiger partial charge in [-0.1, -0.05) is 12.1 Å². The predicted molar refractivity (Wildman–Crippen MR) is 91.0 cm³/mol. The summed E-state index contributed by atoms with van der Waals surface area (Å²) < 4.78 is 24.6. The maximum atomic E-state index is 13.8. The van der Waals surface area contributed by atoms with Crippen molar-refractivity contribution in [3.8, 4) is 11.3 Å². The smallest absolute Gasteiger partial charge is 0.329 e. The lowest BCUT2D eigenvalue weighted by Crippen LogP contribution is -2.57. The number of carbonyl (C=O) groups is 2. The Kier molecular flexibility index (Phi) is 5.37. The number of carboxylic acids is 1. The first-order valence-electron chi connectivity index (χ1n) is 8.46. The molecule has 138 valence electrons. The molecule has 1 saturated heterocycles. The van der Waals surface area contributed by atoms with Gasteiger partial charge in [-0.15, -0.1) is 0 Å². The number of aryl methyl sites for hydroxylation is 1. The maximum absolute atomic E-state index is 13.8. The van der Waals surface area contributed by atoms with Crippen molar-refractivity contribution in [1.29, 1.82) is 0 Å². The van der Waals surface area contributed by atoms with Crippen molar-refractivity contribution in [3.63, 3.8) is 0 Å². The van der Waals surface area contributed by atoms with Gasteiger partial charge in [-0.25, -0.2) is 9.18 Å². The molecule has 2 N–H and O–H groups in total. The highest BCUT2D eigenvalue weighted by molar-refractivity contribution is 5.87. The third-order valence-electron chi connectivity index (χ3n) is 4.53. The van der Waals surface area contributed by atoms with Crippen molar-refractivity contribution in [2.24, 2.45) is 0 Å². The van der Waals surface area contributed by atoms with Crippen LogP contribution in [-0.4, -0.2) is 35.7 Å². The Bertz CT molecular complexity index is 795. The van der Waals surface area contributed by atoms with Crippen LogP contribution in [-0.2, 0) is 20.7 Å². The Morgan fingerprint density at radius 2 is 1.88 bits per heavy atom. The Morgan fingerprint density at radius 3 is 2.58 bits per heavy atom. The van der Waals surface area contributed by atoms with Crippen LogP contribution in [0.3, 0.4) is 0 Å². The number of halogens is 1. The van der Waals surface area contributed by atoms with Crippen molar-refractivity contribution in [1.82, 2.24) is 5.32 Å². The van der Waals surface area contributed by atoms with Crippen LogP contribution in [0.4, 0.5) is 4.39 Å². The van der Waals surface area contributed by atoms with E-state index in [1.54, 1.807) is 30.3 Å². The molecule has 0 saturated carbocycles. The van der Waals surface area contributed by atoms with E-state index in [0.717, 1.165) is 0 Å². The molecule has 0 aliphatic carbocycles. The number of carboxylic acid groups (broad SMARTS) is 1. The van der Waals surface area contributed by atoms with Crippen molar-refractivity contribution in [3.05, 3.63) is 48.0 Å². The van der Waals surface area contributed by atoms with E-state index in [-0.39, 0.29) is 31.0 Å². The van der Waals surface area contributed by atoms with Crippen molar-refractivity contribution < 1.29 is 28.2 Å². The molecule has 2 heterocycles.